The fourth-order valence-corrected chi connectivity index (χ4v) is 1.64. The molecule has 4 atom stereocenters. The lowest BCUT2D eigenvalue weighted by molar-refractivity contribution is -0.0554. The van der Waals surface area contributed by atoms with Crippen LogP contribution in [-0.4, -0.2) is 60.2 Å². The van der Waals surface area contributed by atoms with Crippen molar-refractivity contribution in [2.24, 2.45) is 0 Å². The lowest BCUT2D eigenvalue weighted by Crippen LogP contribution is -2.36. The maximum Gasteiger partial charge on any atom is 0.354 e. The minimum atomic E-state index is -1.35. The van der Waals surface area contributed by atoms with E-state index in [0.29, 0.717) is 0 Å². The van der Waals surface area contributed by atoms with Crippen LogP contribution in [-0.2, 0) is 4.74 Å². The molecular formula is C8H14N4O6. The van der Waals surface area contributed by atoms with Gasteiger partial charge in [-0.2, -0.15) is 4.98 Å². The van der Waals surface area contributed by atoms with Crippen molar-refractivity contribution in [2.75, 3.05) is 12.3 Å². The first-order valence-corrected chi connectivity index (χ1v) is 4.87. The number of nitrogens with two attached hydrogens (primary N) is 1. The van der Waals surface area contributed by atoms with Crippen LogP contribution in [0.5, 0.6) is 0 Å². The first-order valence-electron chi connectivity index (χ1n) is 4.87. The van der Waals surface area contributed by atoms with Crippen molar-refractivity contribution in [3.63, 3.8) is 0 Å². The van der Waals surface area contributed by atoms with E-state index in [1.165, 1.54) is 0 Å². The molecule has 1 aromatic heterocycles. The first kappa shape index (κ1) is 14.5. The average Bonchev–Trinajstić information content (AvgIpc) is 2.57. The fraction of sp³-hybridized carbons (Fsp3) is 0.625. The second-order valence-electron chi connectivity index (χ2n) is 3.63. The van der Waals surface area contributed by atoms with E-state index in [1.807, 2.05) is 0 Å². The smallest absolute Gasteiger partial charge is 0.354 e. The molecule has 1 aliphatic rings. The number of ether oxygens (including phenoxy) is 1. The molecule has 102 valence electrons. The minimum absolute atomic E-state index is 0. The van der Waals surface area contributed by atoms with Gasteiger partial charge < -0.3 is 31.3 Å². The third kappa shape index (κ3) is 2.32. The molecule has 0 aliphatic carbocycles. The van der Waals surface area contributed by atoms with Crippen LogP contribution >= 0.6 is 0 Å². The molecule has 2 rings (SSSR count). The highest BCUT2D eigenvalue weighted by atomic mass is 16.6. The number of aliphatic hydroxyl groups is 3. The highest BCUT2D eigenvalue weighted by Gasteiger charge is 2.43. The van der Waals surface area contributed by atoms with E-state index in [9.17, 15) is 15.0 Å². The Morgan fingerprint density at radius 3 is 2.61 bits per heavy atom. The van der Waals surface area contributed by atoms with Crippen molar-refractivity contribution in [2.45, 2.75) is 24.5 Å². The lowest BCUT2D eigenvalue weighted by atomic mass is 10.1. The zero-order valence-corrected chi connectivity index (χ0v) is 9.17. The Morgan fingerprint density at radius 2 is 2.11 bits per heavy atom. The predicted molar refractivity (Wildman–Crippen MR) is 57.3 cm³/mol. The van der Waals surface area contributed by atoms with Crippen LogP contribution in [0.25, 0.3) is 0 Å². The molecule has 18 heavy (non-hydrogen) atoms. The highest BCUT2D eigenvalue weighted by molar-refractivity contribution is 5.10. The van der Waals surface area contributed by atoms with Crippen LogP contribution in [0.1, 0.15) is 6.23 Å². The number of anilines is 1. The minimum Gasteiger partial charge on any atom is -0.412 e. The molecule has 1 fully saturated rings. The normalized spacial score (nSPS) is 31.1. The molecule has 7 N–H and O–H groups in total. The third-order valence-electron chi connectivity index (χ3n) is 2.54. The van der Waals surface area contributed by atoms with Gasteiger partial charge in [-0.15, -0.1) is 0 Å². The van der Waals surface area contributed by atoms with E-state index in [4.69, 9.17) is 15.6 Å². The molecule has 1 aromatic rings. The second kappa shape index (κ2) is 5.37. The Balaban J connectivity index is 0.00000162. The zero-order valence-electron chi connectivity index (χ0n) is 9.17. The van der Waals surface area contributed by atoms with Crippen LogP contribution in [0.2, 0.25) is 0 Å². The van der Waals surface area contributed by atoms with Crippen LogP contribution in [0.15, 0.2) is 11.1 Å². The number of nitrogen functional groups attached to an aromatic ring is 1. The summed E-state index contributed by atoms with van der Waals surface area (Å²) >= 11 is 0. The number of hydrogen-bond acceptors (Lipinski definition) is 8. The van der Waals surface area contributed by atoms with E-state index in [-0.39, 0.29) is 11.4 Å². The molecule has 1 aliphatic heterocycles. The van der Waals surface area contributed by atoms with Gasteiger partial charge in [0.05, 0.1) is 6.61 Å². The van der Waals surface area contributed by atoms with Gasteiger partial charge in [0, 0.05) is 0 Å². The van der Waals surface area contributed by atoms with Gasteiger partial charge in [0.25, 0.3) is 0 Å². The fourth-order valence-electron chi connectivity index (χ4n) is 1.64. The van der Waals surface area contributed by atoms with Crippen molar-refractivity contribution < 1.29 is 25.5 Å². The van der Waals surface area contributed by atoms with Gasteiger partial charge in [-0.05, 0) is 0 Å². The van der Waals surface area contributed by atoms with E-state index in [2.05, 4.69) is 9.97 Å². The Hall–Kier alpha value is -1.59. The molecule has 10 heteroatoms. The number of aliphatic hydroxyl groups excluding tert-OH is 3. The summed E-state index contributed by atoms with van der Waals surface area (Å²) in [6.45, 7) is -0.473. The van der Waals surface area contributed by atoms with E-state index < -0.39 is 36.8 Å². The summed E-state index contributed by atoms with van der Waals surface area (Å²) in [4.78, 5) is 18.4. The molecule has 0 spiro atoms. The van der Waals surface area contributed by atoms with Gasteiger partial charge in [0.2, 0.25) is 5.95 Å². The summed E-state index contributed by atoms with van der Waals surface area (Å²) in [6.07, 6.45) is -3.67. The second-order valence-corrected chi connectivity index (χ2v) is 3.63. The molecular weight excluding hydrogens is 248 g/mol. The monoisotopic (exact) mass is 262 g/mol. The summed E-state index contributed by atoms with van der Waals surface area (Å²) in [5.41, 5.74) is 4.46. The van der Waals surface area contributed by atoms with Crippen LogP contribution in [0.4, 0.5) is 5.95 Å². The molecule has 0 amide bonds. The van der Waals surface area contributed by atoms with Gasteiger partial charge in [-0.1, -0.05) is 0 Å². The quantitative estimate of drug-likeness (QED) is 0.417. The molecule has 0 bridgehead atoms. The lowest BCUT2D eigenvalue weighted by Gasteiger charge is -2.16. The van der Waals surface area contributed by atoms with E-state index >= 15 is 0 Å². The van der Waals surface area contributed by atoms with Crippen molar-refractivity contribution in [3.8, 4) is 0 Å². The van der Waals surface area contributed by atoms with Crippen molar-refractivity contribution in [1.29, 1.82) is 0 Å². The summed E-state index contributed by atoms with van der Waals surface area (Å²) in [5.74, 6) is -0.196. The summed E-state index contributed by atoms with van der Waals surface area (Å²) in [7, 11) is 0. The Bertz CT molecular complexity index is 465. The van der Waals surface area contributed by atoms with Gasteiger partial charge in [-0.3, -0.25) is 4.57 Å². The standard InChI is InChI=1S/C8H12N4O5.H2O/c9-7-10-2-12(8(16)11-7)6-5(15)4(14)3(1-13)17-6;/h2-6,13-15H,1H2,(H2,9,11,16);1H2/t3-,4+,5-,6-;/m1./s1. The Kier molecular flexibility index (Phi) is 4.32. The number of rotatable bonds is 2. The van der Waals surface area contributed by atoms with Gasteiger partial charge in [0.1, 0.15) is 24.6 Å². The number of aromatic nitrogens is 3. The predicted octanol–water partition coefficient (Wildman–Crippen LogP) is -3.99. The van der Waals surface area contributed by atoms with Gasteiger partial charge in [-0.25, -0.2) is 9.78 Å². The third-order valence-corrected chi connectivity index (χ3v) is 2.54. The van der Waals surface area contributed by atoms with E-state index in [1.54, 1.807) is 0 Å². The van der Waals surface area contributed by atoms with Crippen LogP contribution in [0, 0.1) is 0 Å². The molecule has 0 radical (unpaired) electrons. The molecule has 0 saturated carbocycles. The van der Waals surface area contributed by atoms with Crippen LogP contribution < -0.4 is 11.4 Å². The van der Waals surface area contributed by atoms with Crippen molar-refractivity contribution in [3.05, 3.63) is 16.8 Å². The molecule has 10 nitrogen and oxygen atoms in total. The highest BCUT2D eigenvalue weighted by Crippen LogP contribution is 2.27. The Morgan fingerprint density at radius 1 is 1.44 bits per heavy atom. The maximum absolute atomic E-state index is 11.5. The summed E-state index contributed by atoms with van der Waals surface area (Å²) in [6, 6.07) is 0. The van der Waals surface area contributed by atoms with Gasteiger partial charge in [0.15, 0.2) is 6.23 Å². The largest absolute Gasteiger partial charge is 0.412 e. The van der Waals surface area contributed by atoms with Crippen molar-refractivity contribution >= 4 is 5.95 Å². The van der Waals surface area contributed by atoms with Crippen molar-refractivity contribution in [1.82, 2.24) is 14.5 Å². The topological polar surface area (TPSA) is 175 Å². The number of hydrogen-bond donors (Lipinski definition) is 4. The molecule has 0 unspecified atom stereocenters. The average molecular weight is 262 g/mol. The summed E-state index contributed by atoms with van der Waals surface area (Å²) in [5, 5.41) is 28.1. The molecule has 1 saturated heterocycles. The number of nitrogens with zero attached hydrogens (tertiary/aromatic N) is 3. The Labute approximate surface area is 101 Å². The maximum atomic E-state index is 11.5. The SMILES string of the molecule is Nc1ncn([C@@H]2O[C@H](CO)[C@H](O)[C@H]2O)c(=O)n1.O. The molecule has 2 heterocycles. The summed E-state index contributed by atoms with van der Waals surface area (Å²) < 4.78 is 6.04. The van der Waals surface area contributed by atoms with E-state index in [0.717, 1.165) is 10.9 Å². The van der Waals surface area contributed by atoms with Gasteiger partial charge >= 0.3 is 5.69 Å². The van der Waals surface area contributed by atoms with Crippen LogP contribution in [0.3, 0.4) is 0 Å². The first-order chi connectivity index (χ1) is 8.04. The zero-order chi connectivity index (χ0) is 12.6. The molecule has 0 aromatic carbocycles.